The average Bonchev–Trinajstić information content (AvgIpc) is 2.88. The molecule has 0 spiro atoms. The Bertz CT molecular complexity index is 803. The molecule has 1 unspecified atom stereocenters. The summed E-state index contributed by atoms with van der Waals surface area (Å²) >= 11 is 0. The lowest BCUT2D eigenvalue weighted by Crippen LogP contribution is -2.34. The van der Waals surface area contributed by atoms with Crippen molar-refractivity contribution >= 4 is 17.6 Å². The van der Waals surface area contributed by atoms with Crippen LogP contribution in [0.4, 0.5) is 0 Å². The van der Waals surface area contributed by atoms with E-state index in [1.807, 2.05) is 60.7 Å². The summed E-state index contributed by atoms with van der Waals surface area (Å²) in [5.74, 6) is -0.163. The Morgan fingerprint density at radius 3 is 2.48 bits per heavy atom. The molecule has 2 aromatic rings. The number of aliphatic hydroxyl groups is 1. The highest BCUT2D eigenvalue weighted by Crippen LogP contribution is 2.42. The first-order valence-electron chi connectivity index (χ1n) is 6.86. The lowest BCUT2D eigenvalue weighted by atomic mass is 9.92. The molecule has 0 saturated carbocycles. The van der Waals surface area contributed by atoms with Crippen molar-refractivity contribution in [2.75, 3.05) is 0 Å². The Kier molecular flexibility index (Phi) is 2.48. The fourth-order valence-electron chi connectivity index (χ4n) is 3.01. The lowest BCUT2D eigenvalue weighted by molar-refractivity contribution is -0.116. The van der Waals surface area contributed by atoms with Crippen molar-refractivity contribution in [3.63, 3.8) is 0 Å². The number of hydrogen-bond donors (Lipinski definition) is 2. The van der Waals surface area contributed by atoms with Gasteiger partial charge in [-0.2, -0.15) is 0 Å². The minimum atomic E-state index is -0.249. The highest BCUT2D eigenvalue weighted by molar-refractivity contribution is 6.22. The molecule has 1 atom stereocenters. The van der Waals surface area contributed by atoms with Gasteiger partial charge in [0.2, 0.25) is 0 Å². The zero-order valence-electron chi connectivity index (χ0n) is 11.2. The smallest absolute Gasteiger partial charge is 0.256 e. The van der Waals surface area contributed by atoms with Gasteiger partial charge in [0.1, 0.15) is 5.76 Å². The molecule has 1 aliphatic carbocycles. The summed E-state index contributed by atoms with van der Waals surface area (Å²) in [7, 11) is 0. The van der Waals surface area contributed by atoms with Crippen molar-refractivity contribution in [2.24, 2.45) is 0 Å². The molecule has 0 radical (unpaired) electrons. The summed E-state index contributed by atoms with van der Waals surface area (Å²) in [5.41, 5.74) is 3.89. The lowest BCUT2D eigenvalue weighted by Gasteiger charge is -2.25. The second kappa shape index (κ2) is 4.35. The van der Waals surface area contributed by atoms with Crippen LogP contribution < -0.4 is 5.32 Å². The molecule has 1 heterocycles. The van der Waals surface area contributed by atoms with Crippen LogP contribution in [-0.4, -0.2) is 11.0 Å². The van der Waals surface area contributed by atoms with Crippen molar-refractivity contribution in [3.05, 3.63) is 82.6 Å². The molecule has 0 saturated heterocycles. The van der Waals surface area contributed by atoms with Crippen LogP contribution in [0.15, 0.2) is 65.9 Å². The van der Waals surface area contributed by atoms with Gasteiger partial charge in [0, 0.05) is 5.57 Å². The predicted molar refractivity (Wildman–Crippen MR) is 81.3 cm³/mol. The Morgan fingerprint density at radius 1 is 0.952 bits per heavy atom. The van der Waals surface area contributed by atoms with Crippen molar-refractivity contribution in [1.29, 1.82) is 0 Å². The van der Waals surface area contributed by atoms with Crippen LogP contribution in [0.2, 0.25) is 0 Å². The standard InChI is InChI=1S/C18H13NO2/c20-17-14-10-12-8-4-5-9-13(12)16(14)19-18(21)15(17)11-6-2-1-3-7-11/h1-10,16,20H,(H,19,21). The highest BCUT2D eigenvalue weighted by Gasteiger charge is 2.36. The van der Waals surface area contributed by atoms with Crippen molar-refractivity contribution in [1.82, 2.24) is 5.32 Å². The molecular weight excluding hydrogens is 262 g/mol. The minimum Gasteiger partial charge on any atom is -0.507 e. The first-order valence-corrected chi connectivity index (χ1v) is 6.86. The number of nitrogens with one attached hydrogen (secondary N) is 1. The van der Waals surface area contributed by atoms with Crippen molar-refractivity contribution in [3.8, 4) is 0 Å². The first-order chi connectivity index (χ1) is 10.3. The first kappa shape index (κ1) is 12.0. The van der Waals surface area contributed by atoms with Gasteiger partial charge in [-0.25, -0.2) is 0 Å². The third-order valence-corrected chi connectivity index (χ3v) is 4.00. The van der Waals surface area contributed by atoms with Gasteiger partial charge in [0.25, 0.3) is 5.91 Å². The van der Waals surface area contributed by atoms with Crippen LogP contribution in [0, 0.1) is 0 Å². The molecule has 21 heavy (non-hydrogen) atoms. The molecule has 1 aliphatic heterocycles. The summed E-state index contributed by atoms with van der Waals surface area (Å²) in [5, 5.41) is 13.6. The van der Waals surface area contributed by atoms with Gasteiger partial charge in [-0.1, -0.05) is 54.6 Å². The topological polar surface area (TPSA) is 49.3 Å². The normalized spacial score (nSPS) is 19.7. The molecule has 0 bridgehead atoms. The zero-order chi connectivity index (χ0) is 14.4. The quantitative estimate of drug-likeness (QED) is 0.839. The highest BCUT2D eigenvalue weighted by atomic mass is 16.3. The van der Waals surface area contributed by atoms with Gasteiger partial charge in [0.05, 0.1) is 11.6 Å². The maximum absolute atomic E-state index is 12.4. The van der Waals surface area contributed by atoms with E-state index in [0.29, 0.717) is 5.57 Å². The van der Waals surface area contributed by atoms with E-state index < -0.39 is 0 Å². The van der Waals surface area contributed by atoms with Crippen molar-refractivity contribution < 1.29 is 9.90 Å². The molecule has 102 valence electrons. The molecule has 2 aliphatic rings. The van der Waals surface area contributed by atoms with Gasteiger partial charge in [-0.05, 0) is 22.8 Å². The molecule has 3 heteroatoms. The van der Waals surface area contributed by atoms with E-state index >= 15 is 0 Å². The molecule has 2 N–H and O–H groups in total. The van der Waals surface area contributed by atoms with Gasteiger partial charge < -0.3 is 10.4 Å². The van der Waals surface area contributed by atoms with Crippen LogP contribution in [-0.2, 0) is 4.79 Å². The average molecular weight is 275 g/mol. The van der Waals surface area contributed by atoms with E-state index in [1.165, 1.54) is 0 Å². The van der Waals surface area contributed by atoms with Crippen LogP contribution >= 0.6 is 0 Å². The second-order valence-electron chi connectivity index (χ2n) is 5.22. The maximum atomic E-state index is 12.4. The summed E-state index contributed by atoms with van der Waals surface area (Å²) in [6, 6.07) is 16.9. The number of carbonyl (C=O) groups excluding carboxylic acids is 1. The summed E-state index contributed by atoms with van der Waals surface area (Å²) in [6.45, 7) is 0. The van der Waals surface area contributed by atoms with E-state index in [9.17, 15) is 9.90 Å². The number of benzene rings is 2. The monoisotopic (exact) mass is 275 g/mol. The Balaban J connectivity index is 1.89. The second-order valence-corrected chi connectivity index (χ2v) is 5.22. The maximum Gasteiger partial charge on any atom is 0.256 e. The molecule has 0 aromatic heterocycles. The number of amides is 1. The van der Waals surface area contributed by atoms with Crippen LogP contribution in [0.1, 0.15) is 22.7 Å². The van der Waals surface area contributed by atoms with E-state index in [0.717, 1.165) is 22.3 Å². The summed E-state index contributed by atoms with van der Waals surface area (Å²) < 4.78 is 0. The minimum absolute atomic E-state index is 0.0751. The third-order valence-electron chi connectivity index (χ3n) is 4.00. The van der Waals surface area contributed by atoms with E-state index in [1.54, 1.807) is 0 Å². The molecule has 1 amide bonds. The number of hydrogen-bond acceptors (Lipinski definition) is 2. The van der Waals surface area contributed by atoms with Crippen LogP contribution in [0.25, 0.3) is 11.6 Å². The fourth-order valence-corrected chi connectivity index (χ4v) is 3.01. The van der Waals surface area contributed by atoms with Crippen LogP contribution in [0.3, 0.4) is 0 Å². The number of rotatable bonds is 1. The molecule has 3 nitrogen and oxygen atoms in total. The molecule has 4 rings (SSSR count). The largest absolute Gasteiger partial charge is 0.507 e. The summed E-state index contributed by atoms with van der Waals surface area (Å²) in [4.78, 5) is 12.4. The predicted octanol–water partition coefficient (Wildman–Crippen LogP) is 3.22. The Labute approximate surface area is 122 Å². The molecule has 2 aromatic carbocycles. The van der Waals surface area contributed by atoms with Crippen LogP contribution in [0.5, 0.6) is 0 Å². The van der Waals surface area contributed by atoms with Crippen molar-refractivity contribution in [2.45, 2.75) is 6.04 Å². The number of fused-ring (bicyclic) bond motifs is 3. The van der Waals surface area contributed by atoms with E-state index in [-0.39, 0.29) is 17.7 Å². The molecular formula is C18H13NO2. The number of carbonyl (C=O) groups is 1. The molecule has 0 fully saturated rings. The third kappa shape index (κ3) is 1.71. The van der Waals surface area contributed by atoms with E-state index in [4.69, 9.17) is 0 Å². The van der Waals surface area contributed by atoms with Gasteiger partial charge in [0.15, 0.2) is 0 Å². The van der Waals surface area contributed by atoms with Gasteiger partial charge in [-0.3, -0.25) is 4.79 Å². The SMILES string of the molecule is O=C1NC2C(=Cc3ccccc32)C(O)=C1c1ccccc1. The Hall–Kier alpha value is -2.81. The van der Waals surface area contributed by atoms with Gasteiger partial charge in [-0.15, -0.1) is 0 Å². The Morgan fingerprint density at radius 2 is 1.67 bits per heavy atom. The zero-order valence-corrected chi connectivity index (χ0v) is 11.2. The van der Waals surface area contributed by atoms with E-state index in [2.05, 4.69) is 5.32 Å². The van der Waals surface area contributed by atoms with Gasteiger partial charge >= 0.3 is 0 Å². The fraction of sp³-hybridized carbons (Fsp3) is 0.0556. The number of aliphatic hydroxyl groups excluding tert-OH is 1. The summed E-state index contributed by atoms with van der Waals surface area (Å²) in [6.07, 6.45) is 1.94.